The van der Waals surface area contributed by atoms with E-state index in [0.29, 0.717) is 12.6 Å². The second-order valence-corrected chi connectivity index (χ2v) is 6.82. The van der Waals surface area contributed by atoms with E-state index in [0.717, 1.165) is 18.5 Å². The van der Waals surface area contributed by atoms with E-state index >= 15 is 0 Å². The van der Waals surface area contributed by atoms with E-state index in [4.69, 9.17) is 0 Å². The topological polar surface area (TPSA) is 32.3 Å². The van der Waals surface area contributed by atoms with Crippen LogP contribution in [-0.2, 0) is 11.2 Å². The monoisotopic (exact) mass is 326 g/mol. The Bertz CT molecular complexity index is 684. The van der Waals surface area contributed by atoms with Crippen molar-refractivity contribution in [1.82, 2.24) is 4.90 Å². The van der Waals surface area contributed by atoms with Gasteiger partial charge in [0.15, 0.2) is 0 Å². The van der Waals surface area contributed by atoms with Gasteiger partial charge in [0.05, 0.1) is 6.54 Å². The minimum atomic E-state index is 0.0359. The van der Waals surface area contributed by atoms with E-state index in [2.05, 4.69) is 34.5 Å². The first-order valence-electron chi connectivity index (χ1n) is 7.89. The number of rotatable bonds is 5. The first kappa shape index (κ1) is 16.1. The molecule has 23 heavy (non-hydrogen) atoms. The summed E-state index contributed by atoms with van der Waals surface area (Å²) in [4.78, 5) is 15.6. The third kappa shape index (κ3) is 3.77. The molecule has 0 saturated heterocycles. The fourth-order valence-corrected chi connectivity index (χ4v) is 3.61. The summed E-state index contributed by atoms with van der Waals surface area (Å²) in [7, 11) is 2.03. The van der Waals surface area contributed by atoms with Crippen LogP contribution in [0.4, 0.5) is 5.69 Å². The SMILES string of the molecule is CSc1ccc(NC(=O)CN(C)[C@@H]2CCc3ccccc32)cc1. The lowest BCUT2D eigenvalue weighted by atomic mass is 10.1. The lowest BCUT2D eigenvalue weighted by Crippen LogP contribution is -2.32. The van der Waals surface area contributed by atoms with Crippen molar-refractivity contribution in [2.45, 2.75) is 23.8 Å². The van der Waals surface area contributed by atoms with Crippen LogP contribution in [0.1, 0.15) is 23.6 Å². The fourth-order valence-electron chi connectivity index (χ4n) is 3.20. The normalized spacial score (nSPS) is 16.4. The average Bonchev–Trinajstić information content (AvgIpc) is 2.99. The second kappa shape index (κ2) is 7.20. The van der Waals surface area contributed by atoms with Gasteiger partial charge in [-0.2, -0.15) is 0 Å². The molecule has 0 aromatic heterocycles. The van der Waals surface area contributed by atoms with E-state index < -0.39 is 0 Å². The van der Waals surface area contributed by atoms with Crippen LogP contribution < -0.4 is 5.32 Å². The number of anilines is 1. The maximum Gasteiger partial charge on any atom is 0.238 e. The molecule has 120 valence electrons. The van der Waals surface area contributed by atoms with Gasteiger partial charge in [-0.05, 0) is 61.5 Å². The number of carbonyl (C=O) groups excluding carboxylic acids is 1. The summed E-state index contributed by atoms with van der Waals surface area (Å²) < 4.78 is 0. The van der Waals surface area contributed by atoms with E-state index in [-0.39, 0.29) is 5.91 Å². The van der Waals surface area contributed by atoms with Gasteiger partial charge in [-0.1, -0.05) is 24.3 Å². The molecule has 2 aromatic carbocycles. The molecule has 3 nitrogen and oxygen atoms in total. The summed E-state index contributed by atoms with van der Waals surface area (Å²) in [6.07, 6.45) is 4.23. The highest BCUT2D eigenvalue weighted by Crippen LogP contribution is 2.34. The lowest BCUT2D eigenvalue weighted by Gasteiger charge is -2.24. The maximum atomic E-state index is 12.3. The molecule has 0 fully saturated rings. The van der Waals surface area contributed by atoms with Gasteiger partial charge in [-0.3, -0.25) is 9.69 Å². The molecule has 0 unspecified atom stereocenters. The molecule has 0 aliphatic heterocycles. The molecule has 1 aliphatic rings. The predicted octanol–water partition coefficient (Wildman–Crippen LogP) is 3.97. The van der Waals surface area contributed by atoms with Crippen molar-refractivity contribution < 1.29 is 4.79 Å². The largest absolute Gasteiger partial charge is 0.325 e. The van der Waals surface area contributed by atoms with Crippen LogP contribution in [0, 0.1) is 0 Å². The number of amides is 1. The van der Waals surface area contributed by atoms with Crippen molar-refractivity contribution in [1.29, 1.82) is 0 Å². The molecule has 4 heteroatoms. The molecule has 0 saturated carbocycles. The van der Waals surface area contributed by atoms with Crippen molar-refractivity contribution in [3.05, 3.63) is 59.7 Å². The number of nitrogens with zero attached hydrogens (tertiary/aromatic N) is 1. The molecule has 1 aliphatic carbocycles. The van der Waals surface area contributed by atoms with E-state index in [1.165, 1.54) is 16.0 Å². The highest BCUT2D eigenvalue weighted by atomic mass is 32.2. The van der Waals surface area contributed by atoms with Crippen LogP contribution in [-0.4, -0.2) is 30.7 Å². The summed E-state index contributed by atoms with van der Waals surface area (Å²) in [5, 5.41) is 2.98. The summed E-state index contributed by atoms with van der Waals surface area (Å²) >= 11 is 1.70. The maximum absolute atomic E-state index is 12.3. The number of aryl methyl sites for hydroxylation is 1. The first-order chi connectivity index (χ1) is 11.2. The molecule has 0 radical (unpaired) electrons. The van der Waals surface area contributed by atoms with Gasteiger partial charge in [0, 0.05) is 16.6 Å². The summed E-state index contributed by atoms with van der Waals surface area (Å²) in [6, 6.07) is 16.8. The summed E-state index contributed by atoms with van der Waals surface area (Å²) in [6.45, 7) is 0.406. The summed E-state index contributed by atoms with van der Waals surface area (Å²) in [5.74, 6) is 0.0359. The summed E-state index contributed by atoms with van der Waals surface area (Å²) in [5.41, 5.74) is 3.64. The smallest absolute Gasteiger partial charge is 0.238 e. The zero-order valence-electron chi connectivity index (χ0n) is 13.6. The Labute approximate surface area is 142 Å². The minimum Gasteiger partial charge on any atom is -0.325 e. The third-order valence-corrected chi connectivity index (χ3v) is 5.14. The number of carbonyl (C=O) groups is 1. The number of benzene rings is 2. The Balaban J connectivity index is 1.59. The minimum absolute atomic E-state index is 0.0359. The number of nitrogens with one attached hydrogen (secondary N) is 1. The number of hydrogen-bond donors (Lipinski definition) is 1. The van der Waals surface area contributed by atoms with Gasteiger partial charge in [0.1, 0.15) is 0 Å². The lowest BCUT2D eigenvalue weighted by molar-refractivity contribution is -0.117. The third-order valence-electron chi connectivity index (χ3n) is 4.40. The van der Waals surface area contributed by atoms with E-state index in [9.17, 15) is 4.79 Å². The highest BCUT2D eigenvalue weighted by Gasteiger charge is 2.26. The quantitative estimate of drug-likeness (QED) is 0.844. The van der Waals surface area contributed by atoms with E-state index in [1.54, 1.807) is 11.8 Å². The van der Waals surface area contributed by atoms with E-state index in [1.807, 2.05) is 37.6 Å². The number of fused-ring (bicyclic) bond motifs is 1. The molecule has 0 spiro atoms. The number of thioether (sulfide) groups is 1. The standard InChI is InChI=1S/C19H22N2OS/c1-21(18-12-7-14-5-3-4-6-17(14)18)13-19(22)20-15-8-10-16(23-2)11-9-15/h3-6,8-11,18H,7,12-13H2,1-2H3,(H,20,22)/t18-/m1/s1. The Kier molecular flexibility index (Phi) is 5.03. The van der Waals surface area contributed by atoms with Gasteiger partial charge in [0.2, 0.25) is 5.91 Å². The highest BCUT2D eigenvalue weighted by molar-refractivity contribution is 7.98. The van der Waals surface area contributed by atoms with Crippen LogP contribution in [0.5, 0.6) is 0 Å². The molecular formula is C19H22N2OS. The van der Waals surface area contributed by atoms with Crippen molar-refractivity contribution in [3.63, 3.8) is 0 Å². The van der Waals surface area contributed by atoms with Crippen LogP contribution in [0.25, 0.3) is 0 Å². The van der Waals surface area contributed by atoms with Crippen LogP contribution in [0.3, 0.4) is 0 Å². The van der Waals surface area contributed by atoms with Crippen LogP contribution >= 0.6 is 11.8 Å². The van der Waals surface area contributed by atoms with Crippen LogP contribution in [0.15, 0.2) is 53.4 Å². The molecular weight excluding hydrogens is 304 g/mol. The Morgan fingerprint density at radius 1 is 1.22 bits per heavy atom. The Morgan fingerprint density at radius 3 is 2.70 bits per heavy atom. The zero-order chi connectivity index (χ0) is 16.2. The fraction of sp³-hybridized carbons (Fsp3) is 0.316. The first-order valence-corrected chi connectivity index (χ1v) is 9.12. The van der Waals surface area contributed by atoms with Gasteiger partial charge in [-0.15, -0.1) is 11.8 Å². The van der Waals surface area contributed by atoms with Crippen molar-refractivity contribution in [2.75, 3.05) is 25.2 Å². The molecule has 0 heterocycles. The Hall–Kier alpha value is -1.78. The van der Waals surface area contributed by atoms with Crippen molar-refractivity contribution >= 4 is 23.4 Å². The van der Waals surface area contributed by atoms with Crippen molar-refractivity contribution in [3.8, 4) is 0 Å². The van der Waals surface area contributed by atoms with Gasteiger partial charge in [-0.25, -0.2) is 0 Å². The Morgan fingerprint density at radius 2 is 1.96 bits per heavy atom. The van der Waals surface area contributed by atoms with Gasteiger partial charge in [0.25, 0.3) is 0 Å². The molecule has 0 bridgehead atoms. The molecule has 2 aromatic rings. The van der Waals surface area contributed by atoms with Crippen molar-refractivity contribution in [2.24, 2.45) is 0 Å². The number of hydrogen-bond acceptors (Lipinski definition) is 3. The molecule has 1 N–H and O–H groups in total. The molecule has 3 rings (SSSR count). The number of likely N-dealkylation sites (N-methyl/N-ethyl adjacent to an activating group) is 1. The average molecular weight is 326 g/mol. The van der Waals surface area contributed by atoms with Gasteiger partial charge >= 0.3 is 0 Å². The second-order valence-electron chi connectivity index (χ2n) is 5.95. The van der Waals surface area contributed by atoms with Crippen LogP contribution in [0.2, 0.25) is 0 Å². The van der Waals surface area contributed by atoms with Gasteiger partial charge < -0.3 is 5.32 Å². The predicted molar refractivity (Wildman–Crippen MR) is 97.0 cm³/mol. The molecule has 1 atom stereocenters. The zero-order valence-corrected chi connectivity index (χ0v) is 14.4. The molecule has 1 amide bonds.